The third kappa shape index (κ3) is 2.43. The van der Waals surface area contributed by atoms with E-state index in [1.54, 1.807) is 12.3 Å². The summed E-state index contributed by atoms with van der Waals surface area (Å²) in [7, 11) is -0.414. The summed E-state index contributed by atoms with van der Waals surface area (Å²) in [5.41, 5.74) is 1.91. The number of aromatic nitrogens is 2. The summed E-state index contributed by atoms with van der Waals surface area (Å²) in [6.45, 7) is 10.1. The van der Waals surface area contributed by atoms with E-state index in [1.165, 1.54) is 0 Å². The molecule has 3 heterocycles. The average Bonchev–Trinajstić information content (AvgIpc) is 2.57. The van der Waals surface area contributed by atoms with Crippen LogP contribution in [0.25, 0.3) is 10.9 Å². The number of aryl methyl sites for hydroxylation is 1. The van der Waals surface area contributed by atoms with Gasteiger partial charge in [0.2, 0.25) is 0 Å². The molecule has 1 saturated heterocycles. The van der Waals surface area contributed by atoms with E-state index in [2.05, 4.69) is 9.97 Å². The fourth-order valence-electron chi connectivity index (χ4n) is 2.36. The zero-order chi connectivity index (χ0) is 15.4. The first-order valence-corrected chi connectivity index (χ1v) is 7.36. The highest BCUT2D eigenvalue weighted by Crippen LogP contribution is 2.36. The first-order valence-electron chi connectivity index (χ1n) is 6.98. The van der Waals surface area contributed by atoms with Gasteiger partial charge in [-0.25, -0.2) is 4.98 Å². The van der Waals surface area contributed by atoms with Gasteiger partial charge in [0, 0.05) is 28.8 Å². The second-order valence-electron chi connectivity index (χ2n) is 6.45. The highest BCUT2D eigenvalue weighted by molar-refractivity contribution is 6.62. The van der Waals surface area contributed by atoms with Gasteiger partial charge in [-0.05, 0) is 40.7 Å². The molecule has 3 rings (SSSR count). The van der Waals surface area contributed by atoms with Crippen molar-refractivity contribution < 1.29 is 9.31 Å². The maximum Gasteiger partial charge on any atom is 0.496 e. The van der Waals surface area contributed by atoms with E-state index in [4.69, 9.17) is 20.9 Å². The molecule has 21 heavy (non-hydrogen) atoms. The molecule has 0 amide bonds. The van der Waals surface area contributed by atoms with Gasteiger partial charge in [0.1, 0.15) is 5.15 Å². The second-order valence-corrected chi connectivity index (χ2v) is 6.84. The molecule has 1 aliphatic heterocycles. The van der Waals surface area contributed by atoms with Crippen LogP contribution in [0, 0.1) is 6.92 Å². The highest BCUT2D eigenvalue weighted by Gasteiger charge is 2.52. The van der Waals surface area contributed by atoms with Gasteiger partial charge in [-0.3, -0.25) is 4.98 Å². The van der Waals surface area contributed by atoms with E-state index < -0.39 is 7.12 Å². The minimum absolute atomic E-state index is 0.364. The van der Waals surface area contributed by atoms with Crippen molar-refractivity contribution in [3.8, 4) is 0 Å². The standard InChI is InChI=1S/C15H18BClN2O2/c1-9-11(16-20-14(2,3)15(4,5)21-16)6-10-8-18-13(17)7-12(10)19-9/h6-8H,1-5H3. The Kier molecular flexibility index (Phi) is 3.28. The van der Waals surface area contributed by atoms with Gasteiger partial charge in [0.15, 0.2) is 0 Å². The molecule has 0 unspecified atom stereocenters. The molecular formula is C15H18BClN2O2. The first-order chi connectivity index (χ1) is 9.69. The lowest BCUT2D eigenvalue weighted by atomic mass is 9.77. The molecule has 0 aromatic carbocycles. The lowest BCUT2D eigenvalue weighted by Crippen LogP contribution is -2.41. The first kappa shape index (κ1) is 14.8. The number of hydrogen-bond acceptors (Lipinski definition) is 4. The van der Waals surface area contributed by atoms with Crippen molar-refractivity contribution in [2.75, 3.05) is 0 Å². The summed E-state index contributed by atoms with van der Waals surface area (Å²) in [5.74, 6) is 0. The van der Waals surface area contributed by atoms with Crippen molar-refractivity contribution >= 4 is 35.1 Å². The zero-order valence-corrected chi connectivity index (χ0v) is 13.7. The Morgan fingerprint density at radius 2 is 1.71 bits per heavy atom. The van der Waals surface area contributed by atoms with Crippen LogP contribution in [-0.4, -0.2) is 28.3 Å². The van der Waals surface area contributed by atoms with Crippen LogP contribution < -0.4 is 5.46 Å². The fraction of sp³-hybridized carbons (Fsp3) is 0.467. The lowest BCUT2D eigenvalue weighted by molar-refractivity contribution is 0.00578. The minimum Gasteiger partial charge on any atom is -0.399 e. The van der Waals surface area contributed by atoms with E-state index in [9.17, 15) is 0 Å². The maximum absolute atomic E-state index is 6.09. The summed E-state index contributed by atoms with van der Waals surface area (Å²) in [6, 6.07) is 3.78. The van der Waals surface area contributed by atoms with Crippen molar-refractivity contribution in [2.45, 2.75) is 45.8 Å². The predicted molar refractivity (Wildman–Crippen MR) is 85.0 cm³/mol. The summed E-state index contributed by atoms with van der Waals surface area (Å²) in [5, 5.41) is 1.37. The fourth-order valence-corrected chi connectivity index (χ4v) is 2.52. The van der Waals surface area contributed by atoms with Gasteiger partial charge in [-0.2, -0.15) is 0 Å². The van der Waals surface area contributed by atoms with Gasteiger partial charge < -0.3 is 9.31 Å². The van der Waals surface area contributed by atoms with Crippen LogP contribution in [0.3, 0.4) is 0 Å². The molecule has 2 aromatic rings. The Balaban J connectivity index is 2.06. The normalized spacial score (nSPS) is 20.2. The second kappa shape index (κ2) is 4.67. The van der Waals surface area contributed by atoms with Gasteiger partial charge in [0.05, 0.1) is 16.7 Å². The van der Waals surface area contributed by atoms with Crippen LogP contribution in [0.1, 0.15) is 33.4 Å². The Labute approximate surface area is 130 Å². The SMILES string of the molecule is Cc1nc2cc(Cl)ncc2cc1B1OC(C)(C)C(C)(C)O1. The smallest absolute Gasteiger partial charge is 0.399 e. The van der Waals surface area contributed by atoms with Crippen molar-refractivity contribution in [3.05, 3.63) is 29.2 Å². The van der Waals surface area contributed by atoms with Gasteiger partial charge in [-0.15, -0.1) is 0 Å². The number of pyridine rings is 2. The molecule has 0 spiro atoms. The maximum atomic E-state index is 6.09. The van der Waals surface area contributed by atoms with Crippen LogP contribution >= 0.6 is 11.6 Å². The Morgan fingerprint density at radius 3 is 2.33 bits per heavy atom. The van der Waals surface area contributed by atoms with Crippen molar-refractivity contribution in [3.63, 3.8) is 0 Å². The molecule has 0 aliphatic carbocycles. The molecule has 2 aromatic heterocycles. The molecule has 0 saturated carbocycles. The van der Waals surface area contributed by atoms with Crippen LogP contribution in [0.5, 0.6) is 0 Å². The zero-order valence-electron chi connectivity index (χ0n) is 12.9. The lowest BCUT2D eigenvalue weighted by Gasteiger charge is -2.32. The third-order valence-electron chi connectivity index (χ3n) is 4.40. The average molecular weight is 305 g/mol. The monoisotopic (exact) mass is 304 g/mol. The Morgan fingerprint density at radius 1 is 1.10 bits per heavy atom. The molecule has 0 atom stereocenters. The molecule has 6 heteroatoms. The quantitative estimate of drug-likeness (QED) is 0.600. The van der Waals surface area contributed by atoms with Crippen molar-refractivity contribution in [2.24, 2.45) is 0 Å². The molecule has 0 bridgehead atoms. The van der Waals surface area contributed by atoms with Crippen LogP contribution in [0.2, 0.25) is 5.15 Å². The molecule has 1 fully saturated rings. The third-order valence-corrected chi connectivity index (χ3v) is 4.61. The Bertz CT molecular complexity index is 702. The number of rotatable bonds is 1. The largest absolute Gasteiger partial charge is 0.496 e. The van der Waals surface area contributed by atoms with Crippen molar-refractivity contribution in [1.82, 2.24) is 9.97 Å². The van der Waals surface area contributed by atoms with Gasteiger partial charge >= 0.3 is 7.12 Å². The van der Waals surface area contributed by atoms with E-state index in [0.717, 1.165) is 22.1 Å². The topological polar surface area (TPSA) is 44.2 Å². The van der Waals surface area contributed by atoms with E-state index in [-0.39, 0.29) is 11.2 Å². The van der Waals surface area contributed by atoms with Crippen LogP contribution in [0.15, 0.2) is 18.3 Å². The van der Waals surface area contributed by atoms with Crippen LogP contribution in [0.4, 0.5) is 0 Å². The summed E-state index contributed by atoms with van der Waals surface area (Å²) in [6.07, 6.45) is 1.72. The molecule has 1 aliphatic rings. The van der Waals surface area contributed by atoms with Crippen LogP contribution in [-0.2, 0) is 9.31 Å². The number of hydrogen-bond donors (Lipinski definition) is 0. The number of fused-ring (bicyclic) bond motifs is 1. The molecule has 0 N–H and O–H groups in total. The Hall–Kier alpha value is -1.17. The summed E-state index contributed by atoms with van der Waals surface area (Å²) >= 11 is 5.91. The van der Waals surface area contributed by atoms with E-state index in [1.807, 2.05) is 40.7 Å². The number of halogens is 1. The molecule has 0 radical (unpaired) electrons. The molecule has 4 nitrogen and oxygen atoms in total. The van der Waals surface area contributed by atoms with E-state index in [0.29, 0.717) is 5.15 Å². The van der Waals surface area contributed by atoms with Gasteiger partial charge in [-0.1, -0.05) is 11.6 Å². The van der Waals surface area contributed by atoms with E-state index >= 15 is 0 Å². The summed E-state index contributed by atoms with van der Waals surface area (Å²) in [4.78, 5) is 8.70. The predicted octanol–water partition coefficient (Wildman–Crippen LogP) is 2.89. The highest BCUT2D eigenvalue weighted by atomic mass is 35.5. The van der Waals surface area contributed by atoms with Gasteiger partial charge in [0.25, 0.3) is 0 Å². The molecular weight excluding hydrogens is 286 g/mol. The number of nitrogens with zero attached hydrogens (tertiary/aromatic N) is 2. The summed E-state index contributed by atoms with van der Waals surface area (Å²) < 4.78 is 12.2. The van der Waals surface area contributed by atoms with Crippen molar-refractivity contribution in [1.29, 1.82) is 0 Å². The molecule has 110 valence electrons. The minimum atomic E-state index is -0.414.